The van der Waals surface area contributed by atoms with Gasteiger partial charge in [0.1, 0.15) is 17.0 Å². The Balaban J connectivity index is 1.39. The molecule has 0 aliphatic carbocycles. The SMILES string of the molecule is FC(F)(F)Cc1cc2c(NC3CCN(Cc4ccccc4Cl)CC3)ncnc2s1. The van der Waals surface area contributed by atoms with E-state index in [1.165, 1.54) is 6.33 Å². The third-order valence-corrected chi connectivity index (χ3v) is 6.45. The molecule has 1 aromatic carbocycles. The van der Waals surface area contributed by atoms with Crippen LogP contribution in [0.2, 0.25) is 5.02 Å². The highest BCUT2D eigenvalue weighted by Gasteiger charge is 2.29. The maximum absolute atomic E-state index is 12.7. The number of alkyl halides is 3. The van der Waals surface area contributed by atoms with Gasteiger partial charge in [-0.15, -0.1) is 11.3 Å². The van der Waals surface area contributed by atoms with Crippen molar-refractivity contribution in [1.29, 1.82) is 0 Å². The molecule has 3 aromatic rings. The summed E-state index contributed by atoms with van der Waals surface area (Å²) in [5.74, 6) is 0.615. The van der Waals surface area contributed by atoms with Gasteiger partial charge in [-0.3, -0.25) is 4.90 Å². The summed E-state index contributed by atoms with van der Waals surface area (Å²) in [7, 11) is 0. The van der Waals surface area contributed by atoms with Crippen LogP contribution in [0.4, 0.5) is 19.0 Å². The number of hydrogen-bond acceptors (Lipinski definition) is 5. The van der Waals surface area contributed by atoms with Crippen LogP contribution in [0, 0.1) is 0 Å². The number of nitrogens with zero attached hydrogens (tertiary/aromatic N) is 3. The van der Waals surface area contributed by atoms with Gasteiger partial charge in [-0.25, -0.2) is 9.97 Å². The number of halogens is 4. The van der Waals surface area contributed by atoms with Crippen molar-refractivity contribution in [1.82, 2.24) is 14.9 Å². The smallest absolute Gasteiger partial charge is 0.367 e. The van der Waals surface area contributed by atoms with Crippen molar-refractivity contribution >= 4 is 39.0 Å². The van der Waals surface area contributed by atoms with E-state index in [9.17, 15) is 13.2 Å². The summed E-state index contributed by atoms with van der Waals surface area (Å²) in [5, 5.41) is 4.86. The summed E-state index contributed by atoms with van der Waals surface area (Å²) in [6, 6.07) is 9.64. The molecule has 154 valence electrons. The summed E-state index contributed by atoms with van der Waals surface area (Å²) >= 11 is 7.33. The fraction of sp³-hybridized carbons (Fsp3) is 0.400. The number of piperidine rings is 1. The number of nitrogens with one attached hydrogen (secondary N) is 1. The number of likely N-dealkylation sites (tertiary alicyclic amines) is 1. The van der Waals surface area contributed by atoms with Crippen molar-refractivity contribution in [3.63, 3.8) is 0 Å². The van der Waals surface area contributed by atoms with Crippen molar-refractivity contribution in [3.05, 3.63) is 52.1 Å². The molecular weight excluding hydrogens is 421 g/mol. The van der Waals surface area contributed by atoms with E-state index in [0.717, 1.165) is 54.4 Å². The zero-order chi connectivity index (χ0) is 20.4. The summed E-state index contributed by atoms with van der Waals surface area (Å²) < 4.78 is 38.1. The van der Waals surface area contributed by atoms with Crippen LogP contribution in [-0.4, -0.2) is 40.2 Å². The number of anilines is 1. The summed E-state index contributed by atoms with van der Waals surface area (Å²) in [6.45, 7) is 2.65. The molecule has 1 aliphatic heterocycles. The van der Waals surface area contributed by atoms with Crippen LogP contribution in [0.5, 0.6) is 0 Å². The van der Waals surface area contributed by atoms with E-state index in [4.69, 9.17) is 11.6 Å². The second-order valence-corrected chi connectivity index (χ2v) is 8.75. The highest BCUT2D eigenvalue weighted by Crippen LogP contribution is 2.33. The lowest BCUT2D eigenvalue weighted by Crippen LogP contribution is -2.38. The maximum Gasteiger partial charge on any atom is 0.393 e. The molecule has 0 atom stereocenters. The molecule has 0 saturated carbocycles. The second-order valence-electron chi connectivity index (χ2n) is 7.23. The van der Waals surface area contributed by atoms with Gasteiger partial charge < -0.3 is 5.32 Å². The monoisotopic (exact) mass is 440 g/mol. The van der Waals surface area contributed by atoms with Gasteiger partial charge in [-0.2, -0.15) is 13.2 Å². The van der Waals surface area contributed by atoms with Crippen molar-refractivity contribution in [2.45, 2.75) is 38.0 Å². The lowest BCUT2D eigenvalue weighted by molar-refractivity contribution is -0.126. The molecule has 0 radical (unpaired) electrons. The van der Waals surface area contributed by atoms with E-state index in [1.54, 1.807) is 6.07 Å². The largest absolute Gasteiger partial charge is 0.393 e. The number of rotatable bonds is 5. The normalized spacial score (nSPS) is 16.4. The first kappa shape index (κ1) is 20.4. The highest BCUT2D eigenvalue weighted by atomic mass is 35.5. The average Bonchev–Trinajstić information content (AvgIpc) is 3.07. The quantitative estimate of drug-likeness (QED) is 0.566. The van der Waals surface area contributed by atoms with Gasteiger partial charge in [0.15, 0.2) is 0 Å². The molecule has 9 heteroatoms. The predicted molar refractivity (Wildman–Crippen MR) is 111 cm³/mol. The molecule has 4 rings (SSSR count). The Hall–Kier alpha value is -1.90. The molecular formula is C20H20ClF3N4S. The predicted octanol–water partition coefficient (Wildman–Crippen LogP) is 5.53. The molecule has 0 unspecified atom stereocenters. The third-order valence-electron chi connectivity index (χ3n) is 5.04. The van der Waals surface area contributed by atoms with Gasteiger partial charge in [0.25, 0.3) is 0 Å². The fourth-order valence-corrected chi connectivity index (χ4v) is 4.82. The first-order valence-corrected chi connectivity index (χ1v) is 10.6. The van der Waals surface area contributed by atoms with Crippen LogP contribution in [0.15, 0.2) is 36.7 Å². The number of benzene rings is 1. The van der Waals surface area contributed by atoms with Crippen molar-refractivity contribution in [2.75, 3.05) is 18.4 Å². The van der Waals surface area contributed by atoms with Gasteiger partial charge in [0.05, 0.1) is 11.8 Å². The van der Waals surface area contributed by atoms with E-state index in [-0.39, 0.29) is 10.9 Å². The first-order chi connectivity index (χ1) is 13.9. The topological polar surface area (TPSA) is 41.0 Å². The summed E-state index contributed by atoms with van der Waals surface area (Å²) in [4.78, 5) is 11.6. The van der Waals surface area contributed by atoms with Crippen molar-refractivity contribution in [3.8, 4) is 0 Å². The van der Waals surface area contributed by atoms with Gasteiger partial charge in [-0.05, 0) is 30.5 Å². The molecule has 1 aliphatic rings. The molecule has 1 saturated heterocycles. The Kier molecular flexibility index (Phi) is 5.94. The van der Waals surface area contributed by atoms with E-state index in [0.29, 0.717) is 16.0 Å². The van der Waals surface area contributed by atoms with Gasteiger partial charge >= 0.3 is 6.18 Å². The maximum atomic E-state index is 12.7. The third kappa shape index (κ3) is 5.18. The van der Waals surface area contributed by atoms with Crippen LogP contribution in [0.25, 0.3) is 10.2 Å². The molecule has 0 spiro atoms. The zero-order valence-electron chi connectivity index (χ0n) is 15.5. The number of aromatic nitrogens is 2. The lowest BCUT2D eigenvalue weighted by atomic mass is 10.0. The zero-order valence-corrected chi connectivity index (χ0v) is 17.1. The Morgan fingerprint density at radius 2 is 1.93 bits per heavy atom. The van der Waals surface area contributed by atoms with Crippen LogP contribution in [0.3, 0.4) is 0 Å². The number of thiophene rings is 1. The first-order valence-electron chi connectivity index (χ1n) is 9.40. The van der Waals surface area contributed by atoms with Gasteiger partial charge in [-0.1, -0.05) is 29.8 Å². The van der Waals surface area contributed by atoms with E-state index >= 15 is 0 Å². The molecule has 3 heterocycles. The minimum atomic E-state index is -4.23. The van der Waals surface area contributed by atoms with Crippen LogP contribution >= 0.6 is 22.9 Å². The van der Waals surface area contributed by atoms with Crippen molar-refractivity contribution in [2.24, 2.45) is 0 Å². The Morgan fingerprint density at radius 3 is 2.66 bits per heavy atom. The molecule has 1 fully saturated rings. The minimum Gasteiger partial charge on any atom is -0.367 e. The molecule has 29 heavy (non-hydrogen) atoms. The van der Waals surface area contributed by atoms with E-state index in [1.807, 2.05) is 24.3 Å². The number of fused-ring (bicyclic) bond motifs is 1. The van der Waals surface area contributed by atoms with Crippen LogP contribution < -0.4 is 5.32 Å². The molecule has 4 nitrogen and oxygen atoms in total. The summed E-state index contributed by atoms with van der Waals surface area (Å²) in [5.41, 5.74) is 1.12. The molecule has 0 bridgehead atoms. The van der Waals surface area contributed by atoms with Crippen molar-refractivity contribution < 1.29 is 13.2 Å². The Morgan fingerprint density at radius 1 is 1.17 bits per heavy atom. The highest BCUT2D eigenvalue weighted by molar-refractivity contribution is 7.18. The van der Waals surface area contributed by atoms with Crippen LogP contribution in [0.1, 0.15) is 23.3 Å². The van der Waals surface area contributed by atoms with Gasteiger partial charge in [0, 0.05) is 35.6 Å². The summed E-state index contributed by atoms with van der Waals surface area (Å²) in [6.07, 6.45) is -1.90. The second kappa shape index (κ2) is 8.45. The van der Waals surface area contributed by atoms with Gasteiger partial charge in [0.2, 0.25) is 0 Å². The Labute approximate surface area is 175 Å². The standard InChI is InChI=1S/C20H20ClF3N4S/c21-17-4-2-1-3-13(17)11-28-7-5-14(6-8-28)27-18-16-9-15(10-20(22,23)24)29-19(16)26-12-25-18/h1-4,9,12,14H,5-8,10-11H2,(H,25,26,27). The van der Waals surface area contributed by atoms with Crippen LogP contribution in [-0.2, 0) is 13.0 Å². The fourth-order valence-electron chi connectivity index (χ4n) is 3.60. The lowest BCUT2D eigenvalue weighted by Gasteiger charge is -2.32. The van der Waals surface area contributed by atoms with E-state index in [2.05, 4.69) is 20.2 Å². The molecule has 1 N–H and O–H groups in total. The van der Waals surface area contributed by atoms with E-state index < -0.39 is 12.6 Å². The molecule has 2 aromatic heterocycles. The number of hydrogen-bond donors (Lipinski definition) is 1. The Bertz CT molecular complexity index is 983. The minimum absolute atomic E-state index is 0.224. The molecule has 0 amide bonds. The average molecular weight is 441 g/mol.